The number of likely N-dealkylation sites (tertiary alicyclic amines) is 1. The van der Waals surface area contributed by atoms with Crippen molar-refractivity contribution < 1.29 is 13.3 Å². The molecule has 0 amide bonds. The van der Waals surface area contributed by atoms with E-state index in [0.29, 0.717) is 6.54 Å². The minimum Gasteiger partial charge on any atom is -0.299 e. The Labute approximate surface area is 124 Å². The number of nitro groups is 1. The summed E-state index contributed by atoms with van der Waals surface area (Å²) in [6.45, 7) is 2.19. The van der Waals surface area contributed by atoms with Crippen molar-refractivity contribution in [3.05, 3.63) is 39.9 Å². The first-order chi connectivity index (χ1) is 9.83. The summed E-state index contributed by atoms with van der Waals surface area (Å²) < 4.78 is 25.0. The number of nitrogens with one attached hydrogen (secondary N) is 1. The van der Waals surface area contributed by atoms with Crippen LogP contribution < -0.4 is 4.72 Å². The van der Waals surface area contributed by atoms with Gasteiger partial charge in [-0.3, -0.25) is 15.0 Å². The van der Waals surface area contributed by atoms with Gasteiger partial charge in [0, 0.05) is 37.8 Å². The fourth-order valence-electron chi connectivity index (χ4n) is 2.54. The molecule has 1 aromatic rings. The van der Waals surface area contributed by atoms with Crippen molar-refractivity contribution in [1.29, 1.82) is 0 Å². The van der Waals surface area contributed by atoms with E-state index in [2.05, 4.69) is 9.62 Å². The minimum absolute atomic E-state index is 0.0126. The highest BCUT2D eigenvalue weighted by Crippen LogP contribution is 2.18. The normalized spacial score (nSPS) is 17.8. The first-order valence-corrected chi connectivity index (χ1v) is 8.65. The van der Waals surface area contributed by atoms with Crippen molar-refractivity contribution in [2.75, 3.05) is 19.3 Å². The van der Waals surface area contributed by atoms with Crippen molar-refractivity contribution in [2.45, 2.75) is 25.4 Å². The summed E-state index contributed by atoms with van der Waals surface area (Å²) in [6, 6.07) is 6.60. The molecule has 1 N–H and O–H groups in total. The molecule has 116 valence electrons. The highest BCUT2D eigenvalue weighted by atomic mass is 32.2. The predicted octanol–water partition coefficient (Wildman–Crippen LogP) is 1.11. The second kappa shape index (κ2) is 6.50. The third kappa shape index (κ3) is 5.07. The van der Waals surface area contributed by atoms with Crippen molar-refractivity contribution >= 4 is 15.7 Å². The van der Waals surface area contributed by atoms with E-state index < -0.39 is 14.9 Å². The molecule has 0 aromatic heterocycles. The van der Waals surface area contributed by atoms with Crippen molar-refractivity contribution in [1.82, 2.24) is 9.62 Å². The summed E-state index contributed by atoms with van der Waals surface area (Å²) in [7, 11) is -3.16. The van der Waals surface area contributed by atoms with E-state index in [9.17, 15) is 18.5 Å². The molecule has 1 aliphatic heterocycles. The number of piperidine rings is 1. The maximum absolute atomic E-state index is 11.2. The molecule has 21 heavy (non-hydrogen) atoms. The monoisotopic (exact) mass is 313 g/mol. The van der Waals surface area contributed by atoms with Crippen molar-refractivity contribution in [2.24, 2.45) is 0 Å². The summed E-state index contributed by atoms with van der Waals surface area (Å²) >= 11 is 0. The number of hydrogen-bond acceptors (Lipinski definition) is 5. The fraction of sp³-hybridized carbons (Fsp3) is 0.538. The van der Waals surface area contributed by atoms with Crippen molar-refractivity contribution in [3.8, 4) is 0 Å². The van der Waals surface area contributed by atoms with Crippen LogP contribution in [-0.4, -0.2) is 43.6 Å². The lowest BCUT2D eigenvalue weighted by Crippen LogP contribution is -2.43. The first kappa shape index (κ1) is 15.9. The first-order valence-electron chi connectivity index (χ1n) is 6.76. The third-order valence-electron chi connectivity index (χ3n) is 3.50. The van der Waals surface area contributed by atoms with Crippen LogP contribution in [-0.2, 0) is 16.6 Å². The molecule has 1 aliphatic rings. The van der Waals surface area contributed by atoms with Crippen LogP contribution in [0, 0.1) is 10.1 Å². The Kier molecular flexibility index (Phi) is 4.92. The lowest BCUT2D eigenvalue weighted by molar-refractivity contribution is -0.384. The average Bonchev–Trinajstić information content (AvgIpc) is 2.40. The third-order valence-corrected chi connectivity index (χ3v) is 4.26. The lowest BCUT2D eigenvalue weighted by Gasteiger charge is -2.31. The van der Waals surface area contributed by atoms with Crippen LogP contribution in [0.5, 0.6) is 0 Å². The van der Waals surface area contributed by atoms with Gasteiger partial charge in [0.15, 0.2) is 0 Å². The predicted molar refractivity (Wildman–Crippen MR) is 79.4 cm³/mol. The molecule has 1 fully saturated rings. The molecule has 0 bridgehead atoms. The lowest BCUT2D eigenvalue weighted by atomic mass is 10.1. The quantitative estimate of drug-likeness (QED) is 0.649. The minimum atomic E-state index is -3.16. The number of sulfonamides is 1. The number of non-ortho nitro benzene ring substituents is 1. The van der Waals surface area contributed by atoms with E-state index in [4.69, 9.17) is 0 Å². The van der Waals surface area contributed by atoms with Crippen LogP contribution in [0.15, 0.2) is 24.3 Å². The Bertz CT molecular complexity index is 610. The molecule has 1 heterocycles. The van der Waals surface area contributed by atoms with Gasteiger partial charge in [-0.2, -0.15) is 0 Å². The number of nitro benzene ring substituents is 1. The van der Waals surface area contributed by atoms with Crippen LogP contribution in [0.1, 0.15) is 18.4 Å². The number of rotatable bonds is 5. The molecule has 1 saturated heterocycles. The summed E-state index contributed by atoms with van der Waals surface area (Å²) in [6.07, 6.45) is 2.67. The van der Waals surface area contributed by atoms with Gasteiger partial charge in [-0.15, -0.1) is 0 Å². The fourth-order valence-corrected chi connectivity index (χ4v) is 3.38. The van der Waals surface area contributed by atoms with Gasteiger partial charge in [0.2, 0.25) is 10.0 Å². The molecule has 0 unspecified atom stereocenters. The number of nitrogens with zero attached hydrogens (tertiary/aromatic N) is 2. The SMILES string of the molecule is CS(=O)(=O)NC1CCN(Cc2cccc([N+](=O)[O-])c2)CC1. The summed E-state index contributed by atoms with van der Waals surface area (Å²) in [5.41, 5.74) is 1.000. The molecule has 0 saturated carbocycles. The molecular formula is C13H19N3O4S. The maximum atomic E-state index is 11.2. The maximum Gasteiger partial charge on any atom is 0.269 e. The van der Waals surface area contributed by atoms with Crippen LogP contribution in [0.3, 0.4) is 0 Å². The standard InChI is InChI=1S/C13H19N3O4S/c1-21(19,20)14-12-5-7-15(8-6-12)10-11-3-2-4-13(9-11)16(17)18/h2-4,9,12,14H,5-8,10H2,1H3. The largest absolute Gasteiger partial charge is 0.299 e. The van der Waals surface area contributed by atoms with Crippen LogP contribution >= 0.6 is 0 Å². The second-order valence-corrected chi connectivity index (χ2v) is 7.15. The zero-order valence-electron chi connectivity index (χ0n) is 11.9. The smallest absolute Gasteiger partial charge is 0.269 e. The van der Waals surface area contributed by atoms with E-state index in [1.165, 1.54) is 12.3 Å². The highest BCUT2D eigenvalue weighted by Gasteiger charge is 2.21. The van der Waals surface area contributed by atoms with E-state index >= 15 is 0 Å². The molecule has 7 nitrogen and oxygen atoms in total. The van der Waals surface area contributed by atoms with Gasteiger partial charge in [-0.05, 0) is 18.4 Å². The molecule has 8 heteroatoms. The Hall–Kier alpha value is -1.51. The second-order valence-electron chi connectivity index (χ2n) is 5.37. The van der Waals surface area contributed by atoms with Crippen LogP contribution in [0.4, 0.5) is 5.69 Å². The van der Waals surface area contributed by atoms with Crippen molar-refractivity contribution in [3.63, 3.8) is 0 Å². The van der Waals surface area contributed by atoms with Gasteiger partial charge >= 0.3 is 0 Å². The zero-order chi connectivity index (χ0) is 15.5. The number of hydrogen-bond donors (Lipinski definition) is 1. The Morgan fingerprint density at radius 3 is 2.62 bits per heavy atom. The van der Waals surface area contributed by atoms with Gasteiger partial charge in [-0.25, -0.2) is 13.1 Å². The Morgan fingerprint density at radius 2 is 2.05 bits per heavy atom. The molecule has 0 atom stereocenters. The topological polar surface area (TPSA) is 92.6 Å². The van der Waals surface area contributed by atoms with E-state index in [-0.39, 0.29) is 11.7 Å². The Morgan fingerprint density at radius 1 is 1.38 bits per heavy atom. The molecular weight excluding hydrogens is 294 g/mol. The molecule has 0 radical (unpaired) electrons. The van der Waals surface area contributed by atoms with E-state index in [1.54, 1.807) is 12.1 Å². The summed E-state index contributed by atoms with van der Waals surface area (Å²) in [5.74, 6) is 0. The zero-order valence-corrected chi connectivity index (χ0v) is 12.7. The molecule has 0 aliphatic carbocycles. The van der Waals surface area contributed by atoms with Crippen LogP contribution in [0.2, 0.25) is 0 Å². The van der Waals surface area contributed by atoms with Gasteiger partial charge in [0.05, 0.1) is 11.2 Å². The van der Waals surface area contributed by atoms with E-state index in [1.807, 2.05) is 6.07 Å². The molecule has 1 aromatic carbocycles. The molecule has 2 rings (SSSR count). The van der Waals surface area contributed by atoms with Gasteiger partial charge < -0.3 is 0 Å². The molecule has 0 spiro atoms. The summed E-state index contributed by atoms with van der Waals surface area (Å²) in [5, 5.41) is 10.7. The Balaban J connectivity index is 1.89. The average molecular weight is 313 g/mol. The van der Waals surface area contributed by atoms with Crippen LogP contribution in [0.25, 0.3) is 0 Å². The van der Waals surface area contributed by atoms with Gasteiger partial charge in [-0.1, -0.05) is 12.1 Å². The number of benzene rings is 1. The summed E-state index contributed by atoms with van der Waals surface area (Å²) in [4.78, 5) is 12.5. The van der Waals surface area contributed by atoms with E-state index in [0.717, 1.165) is 31.5 Å². The van der Waals surface area contributed by atoms with Gasteiger partial charge in [0.25, 0.3) is 5.69 Å². The highest BCUT2D eigenvalue weighted by molar-refractivity contribution is 7.88. The van der Waals surface area contributed by atoms with Gasteiger partial charge in [0.1, 0.15) is 0 Å².